The van der Waals surface area contributed by atoms with Crippen LogP contribution in [0.4, 0.5) is 22.0 Å². The summed E-state index contributed by atoms with van der Waals surface area (Å²) in [5.41, 5.74) is -3.43. The molecule has 0 atom stereocenters. The molecule has 1 aromatic rings. The van der Waals surface area contributed by atoms with E-state index in [9.17, 15) is 26.7 Å². The fourth-order valence-electron chi connectivity index (χ4n) is 1.46. The highest BCUT2D eigenvalue weighted by Crippen LogP contribution is 2.39. The smallest absolute Gasteiger partial charge is 0.433 e. The normalized spacial score (nSPS) is 11.8. The van der Waals surface area contributed by atoms with Crippen LogP contribution < -0.4 is 0 Å². The summed E-state index contributed by atoms with van der Waals surface area (Å²) in [6.07, 6.45) is -8.41. The predicted octanol–water partition coefficient (Wildman–Crippen LogP) is 3.80. The maximum absolute atomic E-state index is 12.7. The lowest BCUT2D eigenvalue weighted by molar-refractivity contribution is -0.143. The van der Waals surface area contributed by atoms with Crippen LogP contribution in [0.2, 0.25) is 5.02 Å². The Balaban J connectivity index is 3.26. The molecule has 0 N–H and O–H groups in total. The highest BCUT2D eigenvalue weighted by Gasteiger charge is 2.39. The van der Waals surface area contributed by atoms with Crippen molar-refractivity contribution in [2.24, 2.45) is 0 Å². The van der Waals surface area contributed by atoms with Crippen LogP contribution in [-0.2, 0) is 22.1 Å². The first kappa shape index (κ1) is 16.6. The van der Waals surface area contributed by atoms with E-state index in [1.54, 1.807) is 0 Å². The number of aromatic nitrogens is 1. The molecule has 20 heavy (non-hydrogen) atoms. The molecular weight excluding hydrogens is 309 g/mol. The van der Waals surface area contributed by atoms with Gasteiger partial charge in [0.15, 0.2) is 5.69 Å². The largest absolute Gasteiger partial charge is 0.466 e. The Kier molecular flexibility index (Phi) is 5.27. The number of carbonyl (C=O) groups excluding carboxylic acids is 1. The first-order chi connectivity index (χ1) is 9.18. The van der Waals surface area contributed by atoms with Crippen molar-refractivity contribution < 1.29 is 31.5 Å². The van der Waals surface area contributed by atoms with Crippen molar-refractivity contribution in [3.63, 3.8) is 0 Å². The standard InChI is InChI=1S/C11H9ClF5NO2/c1-2-20-6(19)3-5-4-18-9(11(15,16)17)7(8(5)12)10(13)14/h4,10H,2-3H2,1H3. The van der Waals surface area contributed by atoms with Gasteiger partial charge in [-0.1, -0.05) is 11.6 Å². The number of alkyl halides is 5. The Morgan fingerprint density at radius 2 is 2.05 bits per heavy atom. The van der Waals surface area contributed by atoms with Crippen LogP contribution in [0.25, 0.3) is 0 Å². The number of halogens is 6. The van der Waals surface area contributed by atoms with Crippen molar-refractivity contribution in [2.75, 3.05) is 6.61 Å². The lowest BCUT2D eigenvalue weighted by Crippen LogP contribution is -2.15. The summed E-state index contributed by atoms with van der Waals surface area (Å²) in [5.74, 6) is -0.795. The summed E-state index contributed by atoms with van der Waals surface area (Å²) in [4.78, 5) is 14.2. The van der Waals surface area contributed by atoms with E-state index < -0.39 is 41.3 Å². The average molecular weight is 318 g/mol. The van der Waals surface area contributed by atoms with Gasteiger partial charge in [-0.2, -0.15) is 13.2 Å². The Hall–Kier alpha value is -1.44. The van der Waals surface area contributed by atoms with Crippen LogP contribution in [0, 0.1) is 0 Å². The van der Waals surface area contributed by atoms with E-state index in [-0.39, 0.29) is 12.2 Å². The molecule has 0 saturated carbocycles. The van der Waals surface area contributed by atoms with Gasteiger partial charge in [-0.3, -0.25) is 9.78 Å². The maximum Gasteiger partial charge on any atom is 0.433 e. The zero-order valence-electron chi connectivity index (χ0n) is 10.1. The van der Waals surface area contributed by atoms with E-state index in [1.807, 2.05) is 0 Å². The van der Waals surface area contributed by atoms with Gasteiger partial charge in [-0.25, -0.2) is 8.78 Å². The number of hydrogen-bond donors (Lipinski definition) is 0. The van der Waals surface area contributed by atoms with Gasteiger partial charge < -0.3 is 4.74 Å². The van der Waals surface area contributed by atoms with Crippen LogP contribution in [-0.4, -0.2) is 17.6 Å². The summed E-state index contributed by atoms with van der Waals surface area (Å²) in [6, 6.07) is 0. The fourth-order valence-corrected chi connectivity index (χ4v) is 1.75. The predicted molar refractivity (Wildman–Crippen MR) is 59.5 cm³/mol. The molecule has 3 nitrogen and oxygen atoms in total. The topological polar surface area (TPSA) is 39.2 Å². The second kappa shape index (κ2) is 6.34. The molecular formula is C11H9ClF5NO2. The third-order valence-electron chi connectivity index (χ3n) is 2.25. The SMILES string of the molecule is CCOC(=O)Cc1cnc(C(F)(F)F)c(C(F)F)c1Cl. The van der Waals surface area contributed by atoms with Gasteiger partial charge in [0.2, 0.25) is 0 Å². The third kappa shape index (κ3) is 3.78. The first-order valence-corrected chi connectivity index (χ1v) is 5.74. The van der Waals surface area contributed by atoms with Gasteiger partial charge in [-0.05, 0) is 6.92 Å². The van der Waals surface area contributed by atoms with E-state index in [1.165, 1.54) is 6.92 Å². The monoisotopic (exact) mass is 317 g/mol. The Morgan fingerprint density at radius 3 is 2.50 bits per heavy atom. The first-order valence-electron chi connectivity index (χ1n) is 5.36. The molecule has 0 amide bonds. The number of hydrogen-bond acceptors (Lipinski definition) is 3. The van der Waals surface area contributed by atoms with Crippen molar-refractivity contribution in [1.29, 1.82) is 0 Å². The molecule has 0 aliphatic heterocycles. The van der Waals surface area contributed by atoms with E-state index in [2.05, 4.69) is 9.72 Å². The van der Waals surface area contributed by atoms with Gasteiger partial charge in [0, 0.05) is 11.8 Å². The Morgan fingerprint density at radius 1 is 1.45 bits per heavy atom. The number of ether oxygens (including phenoxy) is 1. The molecule has 0 fully saturated rings. The molecule has 1 rings (SSSR count). The fraction of sp³-hybridized carbons (Fsp3) is 0.455. The number of pyridine rings is 1. The molecule has 0 radical (unpaired) electrons. The van der Waals surface area contributed by atoms with E-state index >= 15 is 0 Å². The van der Waals surface area contributed by atoms with Crippen LogP contribution in [0.1, 0.15) is 30.2 Å². The van der Waals surface area contributed by atoms with Crippen LogP contribution in [0.5, 0.6) is 0 Å². The summed E-state index contributed by atoms with van der Waals surface area (Å²) >= 11 is 5.53. The van der Waals surface area contributed by atoms with Crippen LogP contribution >= 0.6 is 11.6 Å². The minimum absolute atomic E-state index is 0.0478. The van der Waals surface area contributed by atoms with Crippen molar-refractivity contribution in [2.45, 2.75) is 25.9 Å². The zero-order chi connectivity index (χ0) is 15.5. The maximum atomic E-state index is 12.7. The van der Waals surface area contributed by atoms with Crippen LogP contribution in [0.15, 0.2) is 6.20 Å². The van der Waals surface area contributed by atoms with Crippen molar-refractivity contribution in [3.8, 4) is 0 Å². The van der Waals surface area contributed by atoms with Crippen molar-refractivity contribution in [3.05, 3.63) is 28.0 Å². The summed E-state index contributed by atoms with van der Waals surface area (Å²) in [5, 5.41) is -0.824. The average Bonchev–Trinajstić information content (AvgIpc) is 2.29. The number of rotatable bonds is 4. The molecule has 112 valence electrons. The summed E-state index contributed by atoms with van der Waals surface area (Å²) in [6.45, 7) is 1.57. The van der Waals surface area contributed by atoms with Gasteiger partial charge in [0.05, 0.1) is 23.6 Å². The van der Waals surface area contributed by atoms with Gasteiger partial charge in [0.1, 0.15) is 0 Å². The van der Waals surface area contributed by atoms with E-state index in [0.29, 0.717) is 6.20 Å². The molecule has 9 heteroatoms. The molecule has 0 spiro atoms. The molecule has 0 unspecified atom stereocenters. The number of nitrogens with zero attached hydrogens (tertiary/aromatic N) is 1. The minimum atomic E-state index is -5.06. The quantitative estimate of drug-likeness (QED) is 0.626. The molecule has 0 aliphatic rings. The lowest BCUT2D eigenvalue weighted by atomic mass is 10.1. The van der Waals surface area contributed by atoms with Gasteiger partial charge >= 0.3 is 12.1 Å². The second-order valence-corrected chi connectivity index (χ2v) is 4.02. The highest BCUT2D eigenvalue weighted by molar-refractivity contribution is 6.32. The Bertz CT molecular complexity index is 504. The summed E-state index contributed by atoms with van der Waals surface area (Å²) < 4.78 is 67.7. The third-order valence-corrected chi connectivity index (χ3v) is 2.70. The molecule has 0 aromatic carbocycles. The van der Waals surface area contributed by atoms with E-state index in [0.717, 1.165) is 0 Å². The minimum Gasteiger partial charge on any atom is -0.466 e. The molecule has 0 saturated heterocycles. The van der Waals surface area contributed by atoms with Crippen molar-refractivity contribution >= 4 is 17.6 Å². The Labute approximate surface area is 115 Å². The molecule has 0 bridgehead atoms. The summed E-state index contributed by atoms with van der Waals surface area (Å²) in [7, 11) is 0. The van der Waals surface area contributed by atoms with Crippen LogP contribution in [0.3, 0.4) is 0 Å². The zero-order valence-corrected chi connectivity index (χ0v) is 10.9. The van der Waals surface area contributed by atoms with Gasteiger partial charge in [-0.15, -0.1) is 0 Å². The second-order valence-electron chi connectivity index (χ2n) is 3.64. The number of esters is 1. The molecule has 0 aliphatic carbocycles. The van der Waals surface area contributed by atoms with E-state index in [4.69, 9.17) is 11.6 Å². The van der Waals surface area contributed by atoms with Crippen molar-refractivity contribution in [1.82, 2.24) is 4.98 Å². The number of carbonyl (C=O) groups is 1. The molecule has 1 heterocycles. The lowest BCUT2D eigenvalue weighted by Gasteiger charge is -2.15. The highest BCUT2D eigenvalue weighted by atomic mass is 35.5. The van der Waals surface area contributed by atoms with Gasteiger partial charge in [0.25, 0.3) is 6.43 Å². The molecule has 1 aromatic heterocycles.